The molecule has 2 unspecified atom stereocenters. The first kappa shape index (κ1) is 15.3. The molecule has 1 amide bonds. The molecule has 0 bridgehead atoms. The van der Waals surface area contributed by atoms with Crippen LogP contribution in [0, 0.1) is 11.8 Å². The second kappa shape index (κ2) is 7.10. The summed E-state index contributed by atoms with van der Waals surface area (Å²) in [5.41, 5.74) is 5.75. The average molecular weight is 294 g/mol. The van der Waals surface area contributed by atoms with E-state index in [4.69, 9.17) is 10.5 Å². The molecule has 3 aliphatic rings. The van der Waals surface area contributed by atoms with Gasteiger partial charge in [0.25, 0.3) is 0 Å². The van der Waals surface area contributed by atoms with Gasteiger partial charge in [0.1, 0.15) is 0 Å². The molecule has 2 N–H and O–H groups in total. The molecule has 0 aromatic carbocycles. The molecule has 3 fully saturated rings. The molecule has 0 spiro atoms. The largest absolute Gasteiger partial charge is 0.374 e. The number of morpholine rings is 1. The van der Waals surface area contributed by atoms with E-state index in [0.29, 0.717) is 29.9 Å². The second-order valence-electron chi connectivity index (χ2n) is 7.17. The van der Waals surface area contributed by atoms with Gasteiger partial charge in [-0.2, -0.15) is 0 Å². The molecule has 2 aliphatic carbocycles. The molecular weight excluding hydrogens is 264 g/mol. The van der Waals surface area contributed by atoms with Gasteiger partial charge in [0.2, 0.25) is 5.91 Å². The predicted octanol–water partition coefficient (Wildman–Crippen LogP) is 2.31. The molecule has 2 atom stereocenters. The SMILES string of the molecule is NCC1CCC(CC(=O)N2CCOC3CCCCC32)CC1. The number of hydrogen-bond donors (Lipinski definition) is 1. The highest BCUT2D eigenvalue weighted by atomic mass is 16.5. The standard InChI is InChI=1S/C17H30N2O2/c18-12-14-7-5-13(6-8-14)11-17(20)19-9-10-21-16-4-2-1-3-15(16)19/h13-16H,1-12,18H2. The monoisotopic (exact) mass is 294 g/mol. The number of fused-ring (bicyclic) bond motifs is 1. The molecule has 3 rings (SSSR count). The van der Waals surface area contributed by atoms with E-state index in [-0.39, 0.29) is 0 Å². The minimum absolute atomic E-state index is 0.310. The maximum absolute atomic E-state index is 12.7. The Morgan fingerprint density at radius 2 is 1.76 bits per heavy atom. The lowest BCUT2D eigenvalue weighted by molar-refractivity contribution is -0.150. The Kier molecular flexibility index (Phi) is 5.17. The van der Waals surface area contributed by atoms with Crippen LogP contribution in [0.2, 0.25) is 0 Å². The van der Waals surface area contributed by atoms with Crippen molar-refractivity contribution in [1.82, 2.24) is 4.90 Å². The summed E-state index contributed by atoms with van der Waals surface area (Å²) in [6.07, 6.45) is 10.6. The number of nitrogens with zero attached hydrogens (tertiary/aromatic N) is 1. The average Bonchev–Trinajstić information content (AvgIpc) is 2.55. The minimum Gasteiger partial charge on any atom is -0.374 e. The van der Waals surface area contributed by atoms with Crippen LogP contribution in [0.1, 0.15) is 57.8 Å². The van der Waals surface area contributed by atoms with E-state index in [9.17, 15) is 4.79 Å². The van der Waals surface area contributed by atoms with Crippen molar-refractivity contribution in [3.63, 3.8) is 0 Å². The van der Waals surface area contributed by atoms with Crippen LogP contribution in [0.3, 0.4) is 0 Å². The normalized spacial score (nSPS) is 37.1. The van der Waals surface area contributed by atoms with Gasteiger partial charge in [-0.25, -0.2) is 0 Å². The number of nitrogens with two attached hydrogens (primary N) is 1. The van der Waals surface area contributed by atoms with Crippen LogP contribution in [0.25, 0.3) is 0 Å². The van der Waals surface area contributed by atoms with Gasteiger partial charge in [0.05, 0.1) is 18.8 Å². The number of amides is 1. The Balaban J connectivity index is 1.52. The first-order chi connectivity index (χ1) is 10.3. The van der Waals surface area contributed by atoms with Gasteiger partial charge in [-0.05, 0) is 56.9 Å². The van der Waals surface area contributed by atoms with Gasteiger partial charge < -0.3 is 15.4 Å². The molecular formula is C17H30N2O2. The summed E-state index contributed by atoms with van der Waals surface area (Å²) in [6.45, 7) is 2.35. The van der Waals surface area contributed by atoms with E-state index in [1.807, 2.05) is 0 Å². The van der Waals surface area contributed by atoms with E-state index in [1.165, 1.54) is 38.5 Å². The molecule has 0 aromatic rings. The van der Waals surface area contributed by atoms with Crippen molar-refractivity contribution in [2.45, 2.75) is 69.9 Å². The van der Waals surface area contributed by atoms with Crippen molar-refractivity contribution in [3.8, 4) is 0 Å². The fourth-order valence-corrected chi connectivity index (χ4v) is 4.44. The number of rotatable bonds is 3. The fraction of sp³-hybridized carbons (Fsp3) is 0.941. The first-order valence-corrected chi connectivity index (χ1v) is 8.89. The van der Waals surface area contributed by atoms with Crippen LogP contribution < -0.4 is 5.73 Å². The summed E-state index contributed by atoms with van der Waals surface area (Å²) in [5.74, 6) is 1.67. The van der Waals surface area contributed by atoms with E-state index in [0.717, 1.165) is 39.0 Å². The molecule has 0 radical (unpaired) electrons. The lowest BCUT2D eigenvalue weighted by Crippen LogP contribution is -2.55. The summed E-state index contributed by atoms with van der Waals surface area (Å²) in [5, 5.41) is 0. The number of hydrogen-bond acceptors (Lipinski definition) is 3. The van der Waals surface area contributed by atoms with Crippen molar-refractivity contribution >= 4 is 5.91 Å². The van der Waals surface area contributed by atoms with Gasteiger partial charge in [0.15, 0.2) is 0 Å². The Bertz CT molecular complexity index is 351. The van der Waals surface area contributed by atoms with E-state index in [2.05, 4.69) is 4.90 Å². The zero-order valence-corrected chi connectivity index (χ0v) is 13.1. The lowest BCUT2D eigenvalue weighted by atomic mass is 9.80. The molecule has 1 aliphatic heterocycles. The lowest BCUT2D eigenvalue weighted by Gasteiger charge is -2.44. The molecule has 21 heavy (non-hydrogen) atoms. The molecule has 1 heterocycles. The Morgan fingerprint density at radius 3 is 2.52 bits per heavy atom. The topological polar surface area (TPSA) is 55.6 Å². The summed E-state index contributed by atoms with van der Waals surface area (Å²) < 4.78 is 5.87. The second-order valence-corrected chi connectivity index (χ2v) is 7.17. The molecule has 0 aromatic heterocycles. The highest BCUT2D eigenvalue weighted by Gasteiger charge is 2.37. The molecule has 2 saturated carbocycles. The van der Waals surface area contributed by atoms with Gasteiger partial charge in [0, 0.05) is 13.0 Å². The van der Waals surface area contributed by atoms with Crippen molar-refractivity contribution in [2.75, 3.05) is 19.7 Å². The van der Waals surface area contributed by atoms with Crippen LogP contribution in [-0.4, -0.2) is 42.6 Å². The maximum atomic E-state index is 12.7. The van der Waals surface area contributed by atoms with Gasteiger partial charge in [-0.3, -0.25) is 4.79 Å². The van der Waals surface area contributed by atoms with E-state index < -0.39 is 0 Å². The zero-order chi connectivity index (χ0) is 14.7. The van der Waals surface area contributed by atoms with Crippen LogP contribution in [-0.2, 0) is 9.53 Å². The maximum Gasteiger partial charge on any atom is 0.223 e. The molecule has 120 valence electrons. The highest BCUT2D eigenvalue weighted by Crippen LogP contribution is 2.33. The Labute approximate surface area is 128 Å². The van der Waals surface area contributed by atoms with Crippen LogP contribution in [0.5, 0.6) is 0 Å². The van der Waals surface area contributed by atoms with Crippen LogP contribution in [0.15, 0.2) is 0 Å². The summed E-state index contributed by atoms with van der Waals surface area (Å²) in [4.78, 5) is 14.9. The number of carbonyl (C=O) groups excluding carboxylic acids is 1. The molecule has 1 saturated heterocycles. The fourth-order valence-electron chi connectivity index (χ4n) is 4.44. The quantitative estimate of drug-likeness (QED) is 0.869. The van der Waals surface area contributed by atoms with Gasteiger partial charge >= 0.3 is 0 Å². The third kappa shape index (κ3) is 3.59. The number of carbonyl (C=O) groups is 1. The first-order valence-electron chi connectivity index (χ1n) is 8.89. The van der Waals surface area contributed by atoms with Crippen molar-refractivity contribution in [3.05, 3.63) is 0 Å². The third-order valence-corrected chi connectivity index (χ3v) is 5.82. The Morgan fingerprint density at radius 1 is 1.05 bits per heavy atom. The van der Waals surface area contributed by atoms with Gasteiger partial charge in [-0.15, -0.1) is 0 Å². The predicted molar refractivity (Wildman–Crippen MR) is 82.8 cm³/mol. The van der Waals surface area contributed by atoms with E-state index in [1.54, 1.807) is 0 Å². The summed E-state index contributed by atoms with van der Waals surface area (Å²) in [6, 6.07) is 0.361. The molecule has 4 nitrogen and oxygen atoms in total. The third-order valence-electron chi connectivity index (χ3n) is 5.82. The zero-order valence-electron chi connectivity index (χ0n) is 13.1. The van der Waals surface area contributed by atoms with Gasteiger partial charge in [-0.1, -0.05) is 12.8 Å². The summed E-state index contributed by atoms with van der Waals surface area (Å²) >= 11 is 0. The molecule has 4 heteroatoms. The smallest absolute Gasteiger partial charge is 0.223 e. The minimum atomic E-state index is 0.310. The van der Waals surface area contributed by atoms with Crippen molar-refractivity contribution in [2.24, 2.45) is 17.6 Å². The number of ether oxygens (including phenoxy) is 1. The van der Waals surface area contributed by atoms with Crippen molar-refractivity contribution < 1.29 is 9.53 Å². The summed E-state index contributed by atoms with van der Waals surface area (Å²) in [7, 11) is 0. The Hall–Kier alpha value is -0.610. The van der Waals surface area contributed by atoms with E-state index >= 15 is 0 Å². The highest BCUT2D eigenvalue weighted by molar-refractivity contribution is 5.77. The van der Waals surface area contributed by atoms with Crippen LogP contribution in [0.4, 0.5) is 0 Å². The van der Waals surface area contributed by atoms with Crippen molar-refractivity contribution in [1.29, 1.82) is 0 Å². The van der Waals surface area contributed by atoms with Crippen LogP contribution >= 0.6 is 0 Å².